The molecule has 1 saturated heterocycles. The third-order valence-electron chi connectivity index (χ3n) is 2.79. The minimum absolute atomic E-state index is 0.175. The summed E-state index contributed by atoms with van der Waals surface area (Å²) < 4.78 is 24.6. The van der Waals surface area contributed by atoms with Gasteiger partial charge in [-0.2, -0.15) is 0 Å². The first-order valence-electron chi connectivity index (χ1n) is 5.72. The molecule has 0 amide bonds. The van der Waals surface area contributed by atoms with E-state index in [9.17, 15) is 4.39 Å². The molecule has 1 aromatic carbocycles. The molecule has 0 aromatic heterocycles. The zero-order chi connectivity index (χ0) is 11.5. The number of aryl methyl sites for hydroxylation is 1. The molecule has 1 aromatic rings. The lowest BCUT2D eigenvalue weighted by Crippen LogP contribution is -2.25. The molecule has 88 valence electrons. The van der Waals surface area contributed by atoms with Crippen LogP contribution in [0.3, 0.4) is 0 Å². The molecule has 2 rings (SSSR count). The van der Waals surface area contributed by atoms with Gasteiger partial charge in [0.1, 0.15) is 5.82 Å². The summed E-state index contributed by atoms with van der Waals surface area (Å²) in [5.41, 5.74) is 1.49. The van der Waals surface area contributed by atoms with Crippen molar-refractivity contribution in [1.82, 2.24) is 0 Å². The van der Waals surface area contributed by atoms with Crippen molar-refractivity contribution < 1.29 is 13.9 Å². The van der Waals surface area contributed by atoms with Crippen molar-refractivity contribution in [3.8, 4) is 0 Å². The Morgan fingerprint density at radius 2 is 2.00 bits per heavy atom. The molecule has 0 radical (unpaired) electrons. The van der Waals surface area contributed by atoms with Crippen LogP contribution in [0, 0.1) is 11.7 Å². The Balaban J connectivity index is 2.12. The summed E-state index contributed by atoms with van der Waals surface area (Å²) in [6.07, 6.45) is 0.298. The van der Waals surface area contributed by atoms with Crippen molar-refractivity contribution in [2.75, 3.05) is 13.2 Å². The summed E-state index contributed by atoms with van der Waals surface area (Å²) >= 11 is 0. The van der Waals surface area contributed by atoms with Crippen LogP contribution in [0.25, 0.3) is 0 Å². The maximum Gasteiger partial charge on any atom is 0.183 e. The maximum absolute atomic E-state index is 13.6. The van der Waals surface area contributed by atoms with Gasteiger partial charge in [-0.25, -0.2) is 4.39 Å². The van der Waals surface area contributed by atoms with E-state index in [0.29, 0.717) is 25.6 Å². The predicted molar refractivity (Wildman–Crippen MR) is 59.6 cm³/mol. The Kier molecular flexibility index (Phi) is 3.56. The van der Waals surface area contributed by atoms with Gasteiger partial charge in [0.25, 0.3) is 0 Å². The highest BCUT2D eigenvalue weighted by Gasteiger charge is 2.21. The quantitative estimate of drug-likeness (QED) is 0.768. The van der Waals surface area contributed by atoms with Crippen LogP contribution in [0.1, 0.15) is 31.3 Å². The molecule has 2 nitrogen and oxygen atoms in total. The highest BCUT2D eigenvalue weighted by molar-refractivity contribution is 5.25. The lowest BCUT2D eigenvalue weighted by molar-refractivity contribution is -0.202. The zero-order valence-electron chi connectivity index (χ0n) is 9.70. The van der Waals surface area contributed by atoms with Gasteiger partial charge in [-0.1, -0.05) is 26.0 Å². The number of halogens is 1. The molecular weight excluding hydrogens is 207 g/mol. The summed E-state index contributed by atoms with van der Waals surface area (Å²) in [4.78, 5) is 0. The van der Waals surface area contributed by atoms with Crippen molar-refractivity contribution in [3.63, 3.8) is 0 Å². The SMILES string of the molecule is CCc1ccc(C2OCC(C)CO2)cc1F. The van der Waals surface area contributed by atoms with Crippen LogP contribution in [0.15, 0.2) is 18.2 Å². The van der Waals surface area contributed by atoms with Crippen molar-refractivity contribution in [1.29, 1.82) is 0 Å². The van der Waals surface area contributed by atoms with Gasteiger partial charge in [-0.15, -0.1) is 0 Å². The molecule has 1 fully saturated rings. The molecule has 1 heterocycles. The minimum atomic E-state index is -0.406. The van der Waals surface area contributed by atoms with Crippen LogP contribution in [-0.4, -0.2) is 13.2 Å². The Morgan fingerprint density at radius 1 is 1.31 bits per heavy atom. The Bertz CT molecular complexity index is 357. The number of rotatable bonds is 2. The van der Waals surface area contributed by atoms with Crippen LogP contribution in [0.5, 0.6) is 0 Å². The fourth-order valence-corrected chi connectivity index (χ4v) is 1.79. The van der Waals surface area contributed by atoms with Gasteiger partial charge >= 0.3 is 0 Å². The van der Waals surface area contributed by atoms with Gasteiger partial charge < -0.3 is 9.47 Å². The Hall–Kier alpha value is -0.930. The van der Waals surface area contributed by atoms with E-state index in [1.54, 1.807) is 6.07 Å². The molecule has 0 N–H and O–H groups in total. The highest BCUT2D eigenvalue weighted by Crippen LogP contribution is 2.26. The van der Waals surface area contributed by atoms with Crippen molar-refractivity contribution in [2.45, 2.75) is 26.6 Å². The van der Waals surface area contributed by atoms with Crippen molar-refractivity contribution in [3.05, 3.63) is 35.1 Å². The second-order valence-electron chi connectivity index (χ2n) is 4.31. The summed E-state index contributed by atoms with van der Waals surface area (Å²) in [5.74, 6) is 0.238. The van der Waals surface area contributed by atoms with Crippen molar-refractivity contribution >= 4 is 0 Å². The fraction of sp³-hybridized carbons (Fsp3) is 0.538. The van der Waals surface area contributed by atoms with Gasteiger partial charge in [0.05, 0.1) is 13.2 Å². The summed E-state index contributed by atoms with van der Waals surface area (Å²) in [6, 6.07) is 5.19. The van der Waals surface area contributed by atoms with Crippen molar-refractivity contribution in [2.24, 2.45) is 5.92 Å². The molecule has 0 spiro atoms. The largest absolute Gasteiger partial charge is 0.348 e. The molecule has 0 atom stereocenters. The van der Waals surface area contributed by atoms with Crippen LogP contribution >= 0.6 is 0 Å². The average Bonchev–Trinajstić information content (AvgIpc) is 2.30. The second kappa shape index (κ2) is 4.93. The molecule has 3 heteroatoms. The lowest BCUT2D eigenvalue weighted by atomic mass is 10.1. The lowest BCUT2D eigenvalue weighted by Gasteiger charge is -2.27. The first-order chi connectivity index (χ1) is 7.70. The molecule has 1 aliphatic rings. The smallest absolute Gasteiger partial charge is 0.183 e. The molecular formula is C13H17FO2. The second-order valence-corrected chi connectivity index (χ2v) is 4.31. The van der Waals surface area contributed by atoms with E-state index in [2.05, 4.69) is 6.92 Å². The van der Waals surface area contributed by atoms with Crippen LogP contribution in [0.2, 0.25) is 0 Å². The topological polar surface area (TPSA) is 18.5 Å². The molecule has 1 aliphatic heterocycles. The van der Waals surface area contributed by atoms with Gasteiger partial charge in [-0.05, 0) is 18.1 Å². The highest BCUT2D eigenvalue weighted by atomic mass is 19.1. The fourth-order valence-electron chi connectivity index (χ4n) is 1.79. The Labute approximate surface area is 95.4 Å². The molecule has 0 aliphatic carbocycles. The van der Waals surface area contributed by atoms with E-state index in [1.807, 2.05) is 13.0 Å². The maximum atomic E-state index is 13.6. The van der Waals surface area contributed by atoms with E-state index < -0.39 is 6.29 Å². The summed E-state index contributed by atoms with van der Waals surface area (Å²) in [6.45, 7) is 5.34. The van der Waals surface area contributed by atoms with Gasteiger partial charge in [-0.3, -0.25) is 0 Å². The van der Waals surface area contributed by atoms with Crippen LogP contribution in [-0.2, 0) is 15.9 Å². The first-order valence-corrected chi connectivity index (χ1v) is 5.72. The van der Waals surface area contributed by atoms with E-state index in [-0.39, 0.29) is 5.82 Å². The van der Waals surface area contributed by atoms with Crippen LogP contribution in [0.4, 0.5) is 4.39 Å². The zero-order valence-corrected chi connectivity index (χ0v) is 9.70. The Morgan fingerprint density at radius 3 is 2.56 bits per heavy atom. The number of ether oxygens (including phenoxy) is 2. The monoisotopic (exact) mass is 224 g/mol. The van der Waals surface area contributed by atoms with E-state index >= 15 is 0 Å². The summed E-state index contributed by atoms with van der Waals surface area (Å²) in [7, 11) is 0. The van der Waals surface area contributed by atoms with E-state index in [0.717, 1.165) is 11.1 Å². The molecule has 0 saturated carbocycles. The molecule has 16 heavy (non-hydrogen) atoms. The summed E-state index contributed by atoms with van der Waals surface area (Å²) in [5, 5.41) is 0. The normalized spacial score (nSPS) is 25.7. The molecule has 0 bridgehead atoms. The van der Waals surface area contributed by atoms with E-state index in [4.69, 9.17) is 9.47 Å². The standard InChI is InChI=1S/C13H17FO2/c1-3-10-4-5-11(6-12(10)14)13-15-7-9(2)8-16-13/h4-6,9,13H,3,7-8H2,1-2H3. The van der Waals surface area contributed by atoms with Gasteiger partial charge in [0, 0.05) is 11.5 Å². The third kappa shape index (κ3) is 2.42. The van der Waals surface area contributed by atoms with Crippen LogP contribution < -0.4 is 0 Å². The number of benzene rings is 1. The average molecular weight is 224 g/mol. The third-order valence-corrected chi connectivity index (χ3v) is 2.79. The number of hydrogen-bond donors (Lipinski definition) is 0. The van der Waals surface area contributed by atoms with Gasteiger partial charge in [0.15, 0.2) is 6.29 Å². The first kappa shape index (κ1) is 11.6. The number of hydrogen-bond acceptors (Lipinski definition) is 2. The molecule has 0 unspecified atom stereocenters. The minimum Gasteiger partial charge on any atom is -0.348 e. The van der Waals surface area contributed by atoms with E-state index in [1.165, 1.54) is 6.07 Å². The van der Waals surface area contributed by atoms with Gasteiger partial charge in [0.2, 0.25) is 0 Å². The predicted octanol–water partition coefficient (Wildman–Crippen LogP) is 3.07.